The van der Waals surface area contributed by atoms with Crippen LogP contribution in [0.15, 0.2) is 36.4 Å². The molecule has 5 fully saturated rings. The van der Waals surface area contributed by atoms with Crippen molar-refractivity contribution < 1.29 is 34.5 Å². The van der Waals surface area contributed by atoms with Gasteiger partial charge in [0.1, 0.15) is 17.9 Å². The third-order valence-electron chi connectivity index (χ3n) is 13.2. The van der Waals surface area contributed by atoms with Gasteiger partial charge in [0.15, 0.2) is 0 Å². The predicted molar refractivity (Wildman–Crippen MR) is 209 cm³/mol. The minimum Gasteiger partial charge on any atom is -0.496 e. The van der Waals surface area contributed by atoms with Gasteiger partial charge in [-0.2, -0.15) is 5.06 Å². The maximum Gasteiger partial charge on any atom is 0.251 e. The van der Waals surface area contributed by atoms with Gasteiger partial charge in [-0.1, -0.05) is 39.0 Å². The summed E-state index contributed by atoms with van der Waals surface area (Å²) in [6.07, 6.45) is 1.97. The summed E-state index contributed by atoms with van der Waals surface area (Å²) < 4.78 is 6.07. The van der Waals surface area contributed by atoms with Crippen molar-refractivity contribution in [3.8, 4) is 16.9 Å². The molecule has 10 atom stereocenters. The molecule has 7 rings (SSSR count). The Morgan fingerprint density at radius 2 is 1.81 bits per heavy atom. The van der Waals surface area contributed by atoms with E-state index in [0.717, 1.165) is 54.7 Å². The molecule has 3 saturated carbocycles. The van der Waals surface area contributed by atoms with E-state index < -0.39 is 36.3 Å². The van der Waals surface area contributed by atoms with E-state index in [9.17, 15) is 24.9 Å². The largest absolute Gasteiger partial charge is 0.496 e. The Labute approximate surface area is 321 Å². The SMILES string of the molecule is COc1c(CN2O[C@@H](CO)[C@H]([C@H](C)O)[C@H]2C(=O)N[C@H]2C[C@H]3C[C@@H]([C@@H]2C)C3(C)C)cccc1-c1cc(C(=O)N[C@H](CN2CCCC2)[C@@H](C)O)cc(N(C)C)c1. The number of nitrogens with one attached hydrogen (secondary N) is 2. The number of hydrogen-bond donors (Lipinski definition) is 5. The number of aliphatic hydroxyl groups excluding tert-OH is 3. The molecule has 2 aliphatic heterocycles. The van der Waals surface area contributed by atoms with Crippen LogP contribution in [-0.4, -0.2) is 121 Å². The lowest BCUT2D eigenvalue weighted by Gasteiger charge is -2.62. The van der Waals surface area contributed by atoms with E-state index in [2.05, 4.69) is 36.3 Å². The van der Waals surface area contributed by atoms with Gasteiger partial charge in [0.2, 0.25) is 5.91 Å². The van der Waals surface area contributed by atoms with Crippen LogP contribution in [0.2, 0.25) is 0 Å². The van der Waals surface area contributed by atoms with E-state index in [0.29, 0.717) is 35.6 Å². The molecule has 298 valence electrons. The number of likely N-dealkylation sites (tertiary alicyclic amines) is 1. The Morgan fingerprint density at radius 3 is 2.41 bits per heavy atom. The van der Waals surface area contributed by atoms with Gasteiger partial charge < -0.3 is 40.5 Å². The molecule has 5 aliphatic rings. The Bertz CT molecular complexity index is 1640. The molecule has 2 amide bonds. The Hall–Kier alpha value is -3.26. The van der Waals surface area contributed by atoms with E-state index in [-0.39, 0.29) is 36.4 Å². The van der Waals surface area contributed by atoms with Crippen molar-refractivity contribution in [3.63, 3.8) is 0 Å². The molecule has 2 saturated heterocycles. The molecule has 3 aliphatic carbocycles. The number of benzene rings is 2. The van der Waals surface area contributed by atoms with Gasteiger partial charge in [0.25, 0.3) is 5.91 Å². The Kier molecular flexibility index (Phi) is 12.3. The summed E-state index contributed by atoms with van der Waals surface area (Å²) in [4.78, 5) is 38.6. The van der Waals surface area contributed by atoms with Crippen LogP contribution in [0, 0.1) is 29.1 Å². The zero-order valence-corrected chi connectivity index (χ0v) is 33.4. The molecule has 2 aromatic rings. The predicted octanol–water partition coefficient (Wildman–Crippen LogP) is 3.66. The van der Waals surface area contributed by atoms with Crippen molar-refractivity contribution >= 4 is 17.5 Å². The molecule has 5 N–H and O–H groups in total. The summed E-state index contributed by atoms with van der Waals surface area (Å²) in [5.74, 6) is 0.870. The molecule has 0 aromatic heterocycles. The first-order chi connectivity index (χ1) is 25.6. The summed E-state index contributed by atoms with van der Waals surface area (Å²) in [5.41, 5.74) is 3.81. The van der Waals surface area contributed by atoms with Crippen molar-refractivity contribution in [2.75, 3.05) is 52.3 Å². The maximum absolute atomic E-state index is 14.3. The smallest absolute Gasteiger partial charge is 0.251 e. The molecular formula is C42H63N5O7. The van der Waals surface area contributed by atoms with Crippen LogP contribution in [-0.2, 0) is 16.2 Å². The number of hydrogen-bond acceptors (Lipinski definition) is 10. The lowest BCUT2D eigenvalue weighted by Crippen LogP contribution is -2.62. The number of fused-ring (bicyclic) bond motifs is 2. The van der Waals surface area contributed by atoms with Crippen LogP contribution in [0.5, 0.6) is 5.75 Å². The zero-order chi connectivity index (χ0) is 39.1. The van der Waals surface area contributed by atoms with Crippen molar-refractivity contribution in [1.29, 1.82) is 0 Å². The highest BCUT2D eigenvalue weighted by molar-refractivity contribution is 5.97. The van der Waals surface area contributed by atoms with E-state index in [4.69, 9.17) is 9.57 Å². The number of amides is 2. The molecule has 0 unspecified atom stereocenters. The number of methoxy groups -OCH3 is 1. The number of aliphatic hydroxyl groups is 3. The van der Waals surface area contributed by atoms with Crippen LogP contribution in [0.3, 0.4) is 0 Å². The number of rotatable bonds is 14. The molecule has 54 heavy (non-hydrogen) atoms. The van der Waals surface area contributed by atoms with Gasteiger partial charge in [0, 0.05) is 55.0 Å². The number of hydroxylamine groups is 2. The fourth-order valence-electron chi connectivity index (χ4n) is 9.80. The third kappa shape index (κ3) is 8.01. The number of para-hydroxylation sites is 1. The minimum atomic E-state index is -0.908. The molecular weight excluding hydrogens is 686 g/mol. The van der Waals surface area contributed by atoms with E-state index in [1.54, 1.807) is 26.0 Å². The van der Waals surface area contributed by atoms with E-state index in [1.807, 2.05) is 55.4 Å². The Balaban J connectivity index is 1.28. The molecule has 2 aromatic carbocycles. The highest BCUT2D eigenvalue weighted by Gasteiger charge is 2.57. The quantitative estimate of drug-likeness (QED) is 0.194. The van der Waals surface area contributed by atoms with Crippen LogP contribution in [0.25, 0.3) is 11.1 Å². The first kappa shape index (κ1) is 40.4. The Morgan fingerprint density at radius 1 is 1.09 bits per heavy atom. The number of nitrogens with zero attached hydrogens (tertiary/aromatic N) is 3. The molecule has 2 bridgehead atoms. The summed E-state index contributed by atoms with van der Waals surface area (Å²) in [6, 6.07) is 10.2. The van der Waals surface area contributed by atoms with Gasteiger partial charge >= 0.3 is 0 Å². The van der Waals surface area contributed by atoms with Gasteiger partial charge in [-0.3, -0.25) is 14.4 Å². The number of carbonyl (C=O) groups is 2. The van der Waals surface area contributed by atoms with Crippen LogP contribution in [0.4, 0.5) is 5.69 Å². The first-order valence-electron chi connectivity index (χ1n) is 19.9. The first-order valence-corrected chi connectivity index (χ1v) is 19.9. The summed E-state index contributed by atoms with van der Waals surface area (Å²) in [7, 11) is 5.44. The van der Waals surface area contributed by atoms with Crippen LogP contribution >= 0.6 is 0 Å². The highest BCUT2D eigenvalue weighted by atomic mass is 16.7. The molecule has 0 radical (unpaired) electrons. The monoisotopic (exact) mass is 749 g/mol. The average Bonchev–Trinajstić information content (AvgIpc) is 3.79. The lowest BCUT2D eigenvalue weighted by molar-refractivity contribution is -0.183. The van der Waals surface area contributed by atoms with Gasteiger partial charge in [0.05, 0.1) is 38.5 Å². The second-order valence-electron chi connectivity index (χ2n) is 17.2. The molecule has 2 heterocycles. The molecule has 12 nitrogen and oxygen atoms in total. The van der Waals surface area contributed by atoms with Crippen LogP contribution in [0.1, 0.15) is 76.2 Å². The van der Waals surface area contributed by atoms with Crippen molar-refractivity contribution in [3.05, 3.63) is 47.5 Å². The van der Waals surface area contributed by atoms with Crippen molar-refractivity contribution in [1.82, 2.24) is 20.6 Å². The number of anilines is 1. The second-order valence-corrected chi connectivity index (χ2v) is 17.2. The van der Waals surface area contributed by atoms with Crippen molar-refractivity contribution in [2.45, 2.75) is 103 Å². The van der Waals surface area contributed by atoms with E-state index >= 15 is 0 Å². The summed E-state index contributed by atoms with van der Waals surface area (Å²) in [5, 5.41) is 39.9. The lowest BCUT2D eigenvalue weighted by atomic mass is 9.45. The van der Waals surface area contributed by atoms with Gasteiger partial charge in [-0.15, -0.1) is 0 Å². The average molecular weight is 750 g/mol. The van der Waals surface area contributed by atoms with Crippen LogP contribution < -0.4 is 20.3 Å². The van der Waals surface area contributed by atoms with Gasteiger partial charge in [-0.25, -0.2) is 0 Å². The molecule has 0 spiro atoms. The zero-order valence-electron chi connectivity index (χ0n) is 33.4. The van der Waals surface area contributed by atoms with Gasteiger partial charge in [-0.05, 0) is 99.6 Å². The van der Waals surface area contributed by atoms with E-state index in [1.165, 1.54) is 6.42 Å². The normalized spacial score (nSPS) is 29.6. The third-order valence-corrected chi connectivity index (χ3v) is 13.2. The maximum atomic E-state index is 14.3. The molecule has 12 heteroatoms. The summed E-state index contributed by atoms with van der Waals surface area (Å²) in [6.45, 7) is 12.6. The second kappa shape index (κ2) is 16.5. The number of carbonyl (C=O) groups excluding carboxylic acids is 2. The highest BCUT2D eigenvalue weighted by Crippen LogP contribution is 2.61. The minimum absolute atomic E-state index is 0.0308. The number of ether oxygens (including phenoxy) is 1. The fourth-order valence-corrected chi connectivity index (χ4v) is 9.80. The fraction of sp³-hybridized carbons (Fsp3) is 0.667. The standard InChI is InChI=1S/C42H63N5O7/c1-24-33-19-30(42(33,4)5)20-34(24)43-41(52)38-37(26(3)50)36(23-48)54-47(38)21-27-12-11-13-32(39(27)53-8)28-16-29(18-31(17-28)45(6)7)40(51)44-35(25(2)49)22-46-14-9-10-15-46/h11-13,16-18,24-26,30,33-38,48-50H,9-10,14-15,19-23H2,1-8H3,(H,43,52)(H,44,51)/t24-,25+,26-,30+,33-,34-,35+,36-,37-,38-/m0/s1. The summed E-state index contributed by atoms with van der Waals surface area (Å²) >= 11 is 0. The van der Waals surface area contributed by atoms with Crippen molar-refractivity contribution in [2.24, 2.45) is 29.1 Å². The topological polar surface area (TPSA) is 147 Å².